The van der Waals surface area contributed by atoms with Crippen molar-refractivity contribution in [2.45, 2.75) is 51.4 Å². The Labute approximate surface area is 123 Å². The lowest BCUT2D eigenvalue weighted by Crippen LogP contribution is -2.40. The number of halogens is 3. The lowest BCUT2D eigenvalue weighted by atomic mass is 9.85. The highest BCUT2D eigenvalue weighted by molar-refractivity contribution is 5.25. The highest BCUT2D eigenvalue weighted by Gasteiger charge is 2.45. The van der Waals surface area contributed by atoms with E-state index in [4.69, 9.17) is 11.6 Å². The molecule has 3 nitrogen and oxygen atoms in total. The van der Waals surface area contributed by atoms with Gasteiger partial charge in [0.25, 0.3) is 0 Å². The Balaban J connectivity index is 2.79. The predicted molar refractivity (Wildman–Crippen MR) is 76.3 cm³/mol. The lowest BCUT2D eigenvalue weighted by Gasteiger charge is -2.28. The van der Waals surface area contributed by atoms with E-state index in [-0.39, 0.29) is 5.92 Å². The summed E-state index contributed by atoms with van der Waals surface area (Å²) in [6.07, 6.45) is -5.65. The molecule has 0 heterocycles. The number of hydrogen-bond donors (Lipinski definition) is 2. The molecule has 0 radical (unpaired) electrons. The van der Waals surface area contributed by atoms with Crippen LogP contribution in [0.2, 0.25) is 0 Å². The van der Waals surface area contributed by atoms with Gasteiger partial charge in [-0.2, -0.15) is 13.2 Å². The predicted octanol–water partition coefficient (Wildman–Crippen LogP) is 3.49. The van der Waals surface area contributed by atoms with Crippen LogP contribution in [0.4, 0.5) is 13.2 Å². The third kappa shape index (κ3) is 4.98. The second-order valence-corrected chi connectivity index (χ2v) is 5.35. The number of benzene rings is 1. The molecule has 0 aliphatic carbocycles. The number of alkyl halides is 3. The average Bonchev–Trinajstić information content (AvgIpc) is 2.45. The summed E-state index contributed by atoms with van der Waals surface area (Å²) in [5.74, 6) is 4.17. The van der Waals surface area contributed by atoms with Crippen molar-refractivity contribution in [2.75, 3.05) is 0 Å². The van der Waals surface area contributed by atoms with Crippen LogP contribution in [-0.4, -0.2) is 12.3 Å². The standard InChI is InChI=1S/C15H23F3N2O/c1-3-12(14(21-20)15(16,17)18)8-10(2)13-6-4-11(9-19)5-7-13/h4-7,10,12,14H,3,8-9,19-20H2,1-2H3. The molecule has 0 amide bonds. The molecule has 0 spiro atoms. The molecule has 6 heteroatoms. The van der Waals surface area contributed by atoms with Gasteiger partial charge in [-0.05, 0) is 29.4 Å². The first-order valence-electron chi connectivity index (χ1n) is 7.04. The lowest BCUT2D eigenvalue weighted by molar-refractivity contribution is -0.239. The van der Waals surface area contributed by atoms with Crippen molar-refractivity contribution < 1.29 is 18.0 Å². The quantitative estimate of drug-likeness (QED) is 0.758. The first-order chi connectivity index (χ1) is 9.83. The Morgan fingerprint density at radius 3 is 2.14 bits per heavy atom. The van der Waals surface area contributed by atoms with Gasteiger partial charge in [-0.15, -0.1) is 0 Å². The molecule has 0 aliphatic heterocycles. The van der Waals surface area contributed by atoms with E-state index in [1.54, 1.807) is 6.92 Å². The van der Waals surface area contributed by atoms with Crippen molar-refractivity contribution >= 4 is 0 Å². The van der Waals surface area contributed by atoms with Gasteiger partial charge in [0.1, 0.15) is 0 Å². The minimum atomic E-state index is -4.45. The highest BCUT2D eigenvalue weighted by Crippen LogP contribution is 2.35. The zero-order chi connectivity index (χ0) is 16.0. The summed E-state index contributed by atoms with van der Waals surface area (Å²) in [5, 5.41) is 0. The fourth-order valence-electron chi connectivity index (χ4n) is 2.53. The van der Waals surface area contributed by atoms with Crippen LogP contribution in [0.3, 0.4) is 0 Å². The SMILES string of the molecule is CCC(CC(C)c1ccc(CN)cc1)C(ON)C(F)(F)F. The molecule has 0 bridgehead atoms. The normalized spacial score (nSPS) is 16.5. The van der Waals surface area contributed by atoms with Crippen molar-refractivity contribution in [3.63, 3.8) is 0 Å². The molecular formula is C15H23F3N2O. The molecule has 0 saturated carbocycles. The van der Waals surface area contributed by atoms with Gasteiger partial charge < -0.3 is 5.73 Å². The second-order valence-electron chi connectivity index (χ2n) is 5.35. The van der Waals surface area contributed by atoms with Gasteiger partial charge in [0.15, 0.2) is 6.10 Å². The van der Waals surface area contributed by atoms with Crippen molar-refractivity contribution in [1.82, 2.24) is 0 Å². The minimum absolute atomic E-state index is 0.0122. The summed E-state index contributed by atoms with van der Waals surface area (Å²) >= 11 is 0. The number of nitrogens with two attached hydrogens (primary N) is 2. The van der Waals surface area contributed by atoms with Crippen LogP contribution >= 0.6 is 0 Å². The molecule has 4 N–H and O–H groups in total. The maximum atomic E-state index is 12.9. The van der Waals surface area contributed by atoms with Gasteiger partial charge in [-0.25, -0.2) is 5.90 Å². The Morgan fingerprint density at radius 2 is 1.76 bits per heavy atom. The van der Waals surface area contributed by atoms with Gasteiger partial charge in [0, 0.05) is 6.54 Å². The number of hydrogen-bond acceptors (Lipinski definition) is 3. The summed E-state index contributed by atoms with van der Waals surface area (Å²) in [4.78, 5) is 4.20. The zero-order valence-electron chi connectivity index (χ0n) is 12.4. The second kappa shape index (κ2) is 7.77. The first kappa shape index (κ1) is 17.9. The highest BCUT2D eigenvalue weighted by atomic mass is 19.4. The van der Waals surface area contributed by atoms with Gasteiger partial charge in [-0.3, -0.25) is 4.84 Å². The van der Waals surface area contributed by atoms with Crippen molar-refractivity contribution in [3.05, 3.63) is 35.4 Å². The third-order valence-electron chi connectivity index (χ3n) is 3.86. The van der Waals surface area contributed by atoms with Gasteiger partial charge in [0.2, 0.25) is 0 Å². The Hall–Kier alpha value is -1.11. The van der Waals surface area contributed by atoms with E-state index in [0.717, 1.165) is 11.1 Å². The molecule has 0 aliphatic rings. The Bertz CT molecular complexity index is 420. The maximum Gasteiger partial charge on any atom is 0.416 e. The molecule has 0 aromatic heterocycles. The molecule has 0 fully saturated rings. The van der Waals surface area contributed by atoms with Crippen molar-refractivity contribution in [1.29, 1.82) is 0 Å². The van der Waals surface area contributed by atoms with E-state index in [0.29, 0.717) is 19.4 Å². The van der Waals surface area contributed by atoms with E-state index in [1.807, 2.05) is 31.2 Å². The van der Waals surface area contributed by atoms with Gasteiger partial charge in [0.05, 0.1) is 0 Å². The average molecular weight is 304 g/mol. The zero-order valence-corrected chi connectivity index (χ0v) is 12.4. The fourth-order valence-corrected chi connectivity index (χ4v) is 2.53. The topological polar surface area (TPSA) is 61.3 Å². The summed E-state index contributed by atoms with van der Waals surface area (Å²) in [7, 11) is 0. The Morgan fingerprint density at radius 1 is 1.19 bits per heavy atom. The molecule has 0 saturated heterocycles. The van der Waals surface area contributed by atoms with Crippen molar-refractivity contribution in [2.24, 2.45) is 17.5 Å². The van der Waals surface area contributed by atoms with E-state index < -0.39 is 18.2 Å². The van der Waals surface area contributed by atoms with Crippen LogP contribution in [-0.2, 0) is 11.4 Å². The van der Waals surface area contributed by atoms with Crippen LogP contribution in [0.15, 0.2) is 24.3 Å². The molecule has 120 valence electrons. The minimum Gasteiger partial charge on any atom is -0.326 e. The summed E-state index contributed by atoms with van der Waals surface area (Å²) < 4.78 is 38.7. The monoisotopic (exact) mass is 304 g/mol. The summed E-state index contributed by atoms with van der Waals surface area (Å²) in [6.45, 7) is 4.07. The summed E-state index contributed by atoms with van der Waals surface area (Å²) in [5.41, 5.74) is 7.51. The Kier molecular flexibility index (Phi) is 6.64. The first-order valence-corrected chi connectivity index (χ1v) is 7.04. The van der Waals surface area contributed by atoms with E-state index in [9.17, 15) is 13.2 Å². The van der Waals surface area contributed by atoms with Gasteiger partial charge >= 0.3 is 6.18 Å². The van der Waals surface area contributed by atoms with E-state index >= 15 is 0 Å². The molecule has 1 aromatic rings. The van der Waals surface area contributed by atoms with Crippen LogP contribution in [0, 0.1) is 5.92 Å². The molecule has 21 heavy (non-hydrogen) atoms. The molecule has 3 unspecified atom stereocenters. The molecule has 1 rings (SSSR count). The molecule has 1 aromatic carbocycles. The van der Waals surface area contributed by atoms with Crippen molar-refractivity contribution in [3.8, 4) is 0 Å². The van der Waals surface area contributed by atoms with Gasteiger partial charge in [-0.1, -0.05) is 44.5 Å². The van der Waals surface area contributed by atoms with Crippen LogP contribution in [0.1, 0.15) is 43.7 Å². The maximum absolute atomic E-state index is 12.9. The third-order valence-corrected chi connectivity index (χ3v) is 3.86. The fraction of sp³-hybridized carbons (Fsp3) is 0.600. The smallest absolute Gasteiger partial charge is 0.326 e. The molecular weight excluding hydrogens is 281 g/mol. The number of rotatable bonds is 7. The molecule has 3 atom stereocenters. The van der Waals surface area contributed by atoms with E-state index in [1.165, 1.54) is 0 Å². The van der Waals surface area contributed by atoms with Crippen LogP contribution in [0.25, 0.3) is 0 Å². The summed E-state index contributed by atoms with van der Waals surface area (Å²) in [6, 6.07) is 7.61. The largest absolute Gasteiger partial charge is 0.416 e. The van der Waals surface area contributed by atoms with Crippen LogP contribution in [0.5, 0.6) is 0 Å². The van der Waals surface area contributed by atoms with E-state index in [2.05, 4.69) is 4.84 Å². The van der Waals surface area contributed by atoms with Crippen LogP contribution < -0.4 is 11.6 Å².